The number of hydrogen-bond donors (Lipinski definition) is 1. The monoisotopic (exact) mass is 433 g/mol. The van der Waals surface area contributed by atoms with Crippen molar-refractivity contribution in [2.24, 2.45) is 0 Å². The van der Waals surface area contributed by atoms with E-state index in [1.54, 1.807) is 0 Å². The van der Waals surface area contributed by atoms with Crippen molar-refractivity contribution in [2.45, 2.75) is 0 Å². The normalized spacial score (nSPS) is 10.6. The molecule has 2 aromatic carbocycles. The van der Waals surface area contributed by atoms with Gasteiger partial charge in [0.1, 0.15) is 11.1 Å². The molecule has 1 amide bonds. The quantitative estimate of drug-likeness (QED) is 0.375. The summed E-state index contributed by atoms with van der Waals surface area (Å²) in [6.07, 6.45) is 0. The molecule has 136 valence electrons. The van der Waals surface area contributed by atoms with Crippen molar-refractivity contribution >= 4 is 49.9 Å². The molecule has 3 rings (SSSR count). The van der Waals surface area contributed by atoms with Crippen molar-refractivity contribution < 1.29 is 19.1 Å². The van der Waals surface area contributed by atoms with Gasteiger partial charge >= 0.3 is 5.63 Å². The number of nitrogens with one attached hydrogen (secondary N) is 1. The second kappa shape index (κ2) is 6.96. The number of nitro benzene ring substituents is 2. The number of non-ortho nitro benzene ring substituents is 1. The highest BCUT2D eigenvalue weighted by Gasteiger charge is 2.17. The third-order valence-corrected chi connectivity index (χ3v) is 4.21. The summed E-state index contributed by atoms with van der Waals surface area (Å²) in [5, 5.41) is 24.3. The topological polar surface area (TPSA) is 146 Å². The van der Waals surface area contributed by atoms with E-state index >= 15 is 0 Å². The first-order chi connectivity index (χ1) is 12.8. The van der Waals surface area contributed by atoms with Crippen molar-refractivity contribution in [1.82, 2.24) is 0 Å². The first-order valence-electron chi connectivity index (χ1n) is 7.24. The standard InChI is InChI=1S/C16H8BrN3O7/c17-12-7-9(1-3-13(12)20(25)26)18-15(21)11-6-8-5-10(19(23)24)2-4-14(8)27-16(11)22/h1-7H,(H,18,21). The Kier molecular flexibility index (Phi) is 4.69. The van der Waals surface area contributed by atoms with Gasteiger partial charge < -0.3 is 9.73 Å². The molecule has 0 fully saturated rings. The van der Waals surface area contributed by atoms with E-state index in [1.165, 1.54) is 42.5 Å². The zero-order valence-electron chi connectivity index (χ0n) is 13.2. The maximum Gasteiger partial charge on any atom is 0.349 e. The Hall–Kier alpha value is -3.60. The highest BCUT2D eigenvalue weighted by atomic mass is 79.9. The van der Waals surface area contributed by atoms with Gasteiger partial charge in [-0.2, -0.15) is 0 Å². The largest absolute Gasteiger partial charge is 0.422 e. The van der Waals surface area contributed by atoms with E-state index in [1.807, 2.05) is 0 Å². The van der Waals surface area contributed by atoms with Crippen LogP contribution in [0.3, 0.4) is 0 Å². The van der Waals surface area contributed by atoms with Crippen LogP contribution in [0.2, 0.25) is 0 Å². The molecule has 0 aliphatic rings. The molecule has 0 saturated carbocycles. The smallest absolute Gasteiger partial charge is 0.349 e. The zero-order chi connectivity index (χ0) is 19.7. The van der Waals surface area contributed by atoms with Crippen molar-refractivity contribution in [2.75, 3.05) is 5.32 Å². The van der Waals surface area contributed by atoms with Crippen LogP contribution in [-0.2, 0) is 0 Å². The van der Waals surface area contributed by atoms with E-state index < -0.39 is 21.4 Å². The van der Waals surface area contributed by atoms with Crippen LogP contribution in [0.4, 0.5) is 17.1 Å². The molecular weight excluding hydrogens is 426 g/mol. The molecular formula is C16H8BrN3O7. The van der Waals surface area contributed by atoms with E-state index in [0.717, 1.165) is 0 Å². The summed E-state index contributed by atoms with van der Waals surface area (Å²) in [6.45, 7) is 0. The minimum absolute atomic E-state index is 0.0974. The summed E-state index contributed by atoms with van der Waals surface area (Å²) in [5.74, 6) is -0.821. The van der Waals surface area contributed by atoms with Gasteiger partial charge in [0.05, 0.1) is 14.3 Å². The zero-order valence-corrected chi connectivity index (χ0v) is 14.8. The molecule has 0 atom stereocenters. The Balaban J connectivity index is 1.96. The van der Waals surface area contributed by atoms with Crippen LogP contribution in [0.5, 0.6) is 0 Å². The van der Waals surface area contributed by atoms with Gasteiger partial charge in [-0.05, 0) is 40.2 Å². The molecule has 0 radical (unpaired) electrons. The lowest BCUT2D eigenvalue weighted by Crippen LogP contribution is -2.20. The van der Waals surface area contributed by atoms with Crippen LogP contribution >= 0.6 is 15.9 Å². The maximum absolute atomic E-state index is 12.4. The number of carbonyl (C=O) groups is 1. The summed E-state index contributed by atoms with van der Waals surface area (Å²) >= 11 is 3.03. The van der Waals surface area contributed by atoms with Crippen molar-refractivity contribution in [3.63, 3.8) is 0 Å². The predicted octanol–water partition coefficient (Wildman–Crippen LogP) is 3.62. The highest BCUT2D eigenvalue weighted by molar-refractivity contribution is 9.10. The number of rotatable bonds is 4. The van der Waals surface area contributed by atoms with Gasteiger partial charge in [-0.1, -0.05) is 0 Å². The minimum atomic E-state index is -0.921. The van der Waals surface area contributed by atoms with Crippen molar-refractivity contribution in [3.8, 4) is 0 Å². The van der Waals surface area contributed by atoms with Crippen LogP contribution in [-0.4, -0.2) is 15.8 Å². The number of anilines is 1. The molecule has 0 aliphatic heterocycles. The molecule has 10 nitrogen and oxygen atoms in total. The lowest BCUT2D eigenvalue weighted by molar-refractivity contribution is -0.385. The lowest BCUT2D eigenvalue weighted by atomic mass is 10.1. The van der Waals surface area contributed by atoms with Crippen molar-refractivity contribution in [3.05, 3.63) is 83.1 Å². The molecule has 11 heteroatoms. The van der Waals surface area contributed by atoms with Crippen LogP contribution in [0.1, 0.15) is 10.4 Å². The number of halogens is 1. The van der Waals surface area contributed by atoms with Gasteiger partial charge in [-0.25, -0.2) is 4.79 Å². The first kappa shape index (κ1) is 18.2. The summed E-state index contributed by atoms with van der Waals surface area (Å²) < 4.78 is 5.17. The summed E-state index contributed by atoms with van der Waals surface area (Å²) in [5.41, 5.74) is -1.39. The second-order valence-corrected chi connectivity index (χ2v) is 6.16. The third kappa shape index (κ3) is 3.67. The van der Waals surface area contributed by atoms with Gasteiger partial charge in [0.2, 0.25) is 0 Å². The van der Waals surface area contributed by atoms with E-state index in [9.17, 15) is 29.8 Å². The SMILES string of the molecule is O=C(Nc1ccc([N+](=O)[O-])c(Br)c1)c1cc2cc([N+](=O)[O-])ccc2oc1=O. The fourth-order valence-corrected chi connectivity index (χ4v) is 2.84. The molecule has 0 bridgehead atoms. The van der Waals surface area contributed by atoms with E-state index in [4.69, 9.17) is 4.42 Å². The average molecular weight is 434 g/mol. The third-order valence-electron chi connectivity index (χ3n) is 3.57. The van der Waals surface area contributed by atoms with Gasteiger partial charge in [0, 0.05) is 29.3 Å². The van der Waals surface area contributed by atoms with Gasteiger partial charge in [-0.15, -0.1) is 0 Å². The Morgan fingerprint density at radius 3 is 2.41 bits per heavy atom. The molecule has 0 saturated heterocycles. The summed E-state index contributed by atoms with van der Waals surface area (Å²) in [7, 11) is 0. The minimum Gasteiger partial charge on any atom is -0.422 e. The first-order valence-corrected chi connectivity index (χ1v) is 8.03. The maximum atomic E-state index is 12.4. The Morgan fingerprint density at radius 1 is 1.04 bits per heavy atom. The highest BCUT2D eigenvalue weighted by Crippen LogP contribution is 2.28. The Labute approximate surface area is 157 Å². The molecule has 0 unspecified atom stereocenters. The van der Waals surface area contributed by atoms with E-state index in [-0.39, 0.29) is 38.1 Å². The molecule has 1 N–H and O–H groups in total. The van der Waals surface area contributed by atoms with E-state index in [0.29, 0.717) is 0 Å². The number of benzene rings is 2. The molecule has 1 aromatic heterocycles. The number of hydrogen-bond acceptors (Lipinski definition) is 7. The number of fused-ring (bicyclic) bond motifs is 1. The molecule has 1 heterocycles. The molecule has 0 aliphatic carbocycles. The predicted molar refractivity (Wildman–Crippen MR) is 97.9 cm³/mol. The van der Waals surface area contributed by atoms with Gasteiger partial charge in [0.15, 0.2) is 0 Å². The van der Waals surface area contributed by atoms with Crippen LogP contribution in [0, 0.1) is 20.2 Å². The van der Waals surface area contributed by atoms with Crippen molar-refractivity contribution in [1.29, 1.82) is 0 Å². The molecule has 3 aromatic rings. The fraction of sp³-hybridized carbons (Fsp3) is 0. The number of nitro groups is 2. The number of nitrogens with zero attached hydrogens (tertiary/aromatic N) is 2. The fourth-order valence-electron chi connectivity index (χ4n) is 2.31. The van der Waals surface area contributed by atoms with Gasteiger partial charge in [-0.3, -0.25) is 25.0 Å². The number of carbonyl (C=O) groups excluding carboxylic acids is 1. The molecule has 27 heavy (non-hydrogen) atoms. The van der Waals surface area contributed by atoms with Gasteiger partial charge in [0.25, 0.3) is 17.3 Å². The molecule has 0 spiro atoms. The van der Waals surface area contributed by atoms with Crippen LogP contribution in [0.25, 0.3) is 11.0 Å². The lowest BCUT2D eigenvalue weighted by Gasteiger charge is -2.06. The van der Waals surface area contributed by atoms with Crippen LogP contribution in [0.15, 0.2) is 56.1 Å². The Morgan fingerprint density at radius 2 is 1.78 bits per heavy atom. The van der Waals surface area contributed by atoms with E-state index in [2.05, 4.69) is 21.2 Å². The van der Waals surface area contributed by atoms with Crippen LogP contribution < -0.4 is 10.9 Å². The number of amides is 1. The average Bonchev–Trinajstić information content (AvgIpc) is 2.60. The summed E-state index contributed by atoms with van der Waals surface area (Å²) in [6, 6.07) is 8.61. The summed E-state index contributed by atoms with van der Waals surface area (Å²) in [4.78, 5) is 44.9. The second-order valence-electron chi connectivity index (χ2n) is 5.30. The Bertz CT molecular complexity index is 1170.